The van der Waals surface area contributed by atoms with E-state index in [2.05, 4.69) is 71.5 Å². The number of hydrogen-bond acceptors (Lipinski definition) is 11. The van der Waals surface area contributed by atoms with Crippen LogP contribution in [0.1, 0.15) is 157 Å². The van der Waals surface area contributed by atoms with Crippen LogP contribution < -0.4 is 0 Å². The van der Waals surface area contributed by atoms with Crippen LogP contribution in [0.2, 0.25) is 0 Å². The van der Waals surface area contributed by atoms with Gasteiger partial charge < -0.3 is 43.3 Å². The Hall–Kier alpha value is -1.54. The predicted octanol–water partition coefficient (Wildman–Crippen LogP) is 8.68. The molecule has 3 unspecified atom stereocenters. The predicted molar refractivity (Wildman–Crippen MR) is 252 cm³/mol. The van der Waals surface area contributed by atoms with E-state index in [9.17, 15) is 9.59 Å². The number of Topliss-reactive ketones (excluding diaryl/α,β-unsaturated/α-hetero) is 1. The molecule has 0 aromatic carbocycles. The van der Waals surface area contributed by atoms with Gasteiger partial charge in [0.2, 0.25) is 0 Å². The lowest BCUT2D eigenvalue weighted by atomic mass is 9.64. The summed E-state index contributed by atoms with van der Waals surface area (Å²) >= 11 is 0. The molecular weight excluding hydrogens is 809 g/mol. The first-order valence-electron chi connectivity index (χ1n) is 25.5. The summed E-state index contributed by atoms with van der Waals surface area (Å²) in [4.78, 5) is 30.6. The number of nitrogens with zero attached hydrogens (tertiary/aromatic N) is 2. The maximum Gasteiger partial charge on any atom is 0.155 e. The second-order valence-electron chi connectivity index (χ2n) is 22.2. The summed E-state index contributed by atoms with van der Waals surface area (Å²) in [5.74, 6) is 2.02. The van der Waals surface area contributed by atoms with Gasteiger partial charge in [0.05, 0.1) is 49.1 Å². The normalized spacial score (nSPS) is 40.5. The van der Waals surface area contributed by atoms with Crippen LogP contribution in [0, 0.1) is 23.7 Å². The maximum atomic E-state index is 12.9. The Morgan fingerprint density at radius 3 is 1.92 bits per heavy atom. The number of epoxide rings is 4. The molecule has 64 heavy (non-hydrogen) atoms. The summed E-state index contributed by atoms with van der Waals surface area (Å²) < 4.78 is 36.8. The summed E-state index contributed by atoms with van der Waals surface area (Å²) in [6, 6.07) is 1.34. The zero-order valence-electron chi connectivity index (χ0n) is 42.1. The zero-order valence-corrected chi connectivity index (χ0v) is 42.1. The van der Waals surface area contributed by atoms with Crippen molar-refractivity contribution >= 4 is 11.6 Å². The van der Waals surface area contributed by atoms with E-state index in [4.69, 9.17) is 33.5 Å². The summed E-state index contributed by atoms with van der Waals surface area (Å²) in [5.41, 5.74) is 1.82. The van der Waals surface area contributed by atoms with Gasteiger partial charge in [-0.15, -0.1) is 0 Å². The van der Waals surface area contributed by atoms with Crippen molar-refractivity contribution in [2.24, 2.45) is 23.7 Å². The molecule has 0 aromatic heterocycles. The fraction of sp³-hybridized carbons (Fsp3) is 0.887. The molecule has 2 aliphatic carbocycles. The van der Waals surface area contributed by atoms with Crippen LogP contribution in [0.5, 0.6) is 0 Å². The third-order valence-electron chi connectivity index (χ3n) is 17.0. The monoisotopic (exact) mass is 899 g/mol. The molecular formula is C53H90N2O9. The number of rotatable bonds is 20. The summed E-state index contributed by atoms with van der Waals surface area (Å²) in [7, 11) is 9.01. The van der Waals surface area contributed by atoms with Crippen molar-refractivity contribution in [3.8, 4) is 0 Å². The summed E-state index contributed by atoms with van der Waals surface area (Å²) in [5, 5.41) is 7.00. The van der Waals surface area contributed by atoms with Gasteiger partial charge >= 0.3 is 0 Å². The molecule has 366 valence electrons. The average Bonchev–Trinajstić information content (AvgIpc) is 4.23. The lowest BCUT2D eigenvalue weighted by Gasteiger charge is -2.43. The number of aliphatic hydroxyl groups is 1. The summed E-state index contributed by atoms with van der Waals surface area (Å²) in [6.07, 6.45) is 23.1. The van der Waals surface area contributed by atoms with Crippen LogP contribution in [0.3, 0.4) is 0 Å². The van der Waals surface area contributed by atoms with Crippen molar-refractivity contribution in [1.82, 2.24) is 9.80 Å². The number of allylic oxidation sites excluding steroid dienone is 2. The molecule has 6 saturated heterocycles. The minimum atomic E-state index is -0.251. The Bertz CT molecular complexity index is 1600. The minimum absolute atomic E-state index is 0.0511. The smallest absolute Gasteiger partial charge is 0.155 e. The van der Waals surface area contributed by atoms with Gasteiger partial charge in [0, 0.05) is 58.6 Å². The molecule has 6 heterocycles. The Labute approximate surface area is 388 Å². The topological polar surface area (TPSA) is 129 Å². The van der Waals surface area contributed by atoms with Gasteiger partial charge in [-0.05, 0) is 175 Å². The second-order valence-corrected chi connectivity index (χ2v) is 22.2. The van der Waals surface area contributed by atoms with E-state index < -0.39 is 0 Å². The SMILES string of the molecule is CO.CO[C@@H]1C(=CC(=O)CCCC2CCCN2C)CC[C@]2(CO2)[C@H]1[C@@]1(C)O[C@@H]1CC=C(C)C.CO[C@@H]1C(CC(=O)CCCC2CCCN2C)CC[C@]2(CO2)[C@H]1[C@@]1(C)O[C@@H]1CCC(C)C. The van der Waals surface area contributed by atoms with Crippen molar-refractivity contribution in [2.45, 2.75) is 216 Å². The Morgan fingerprint density at radius 2 is 1.39 bits per heavy atom. The van der Waals surface area contributed by atoms with Gasteiger partial charge in [-0.25, -0.2) is 0 Å². The standard InChI is InChI=1S/C26H45NO4.C26H41NO4.CH4O/c2*1-18(2)11-12-22-25(3,31-22)24-23(29-5)19(13-14-26(24)17-30-26)16-21(28)10-6-8-20-9-7-15-27(20)4;1-2/h18-20,22-24H,6-17H2,1-5H3;11,16,20,22-24H,6-10,12-15,17H2,1-5H3;2H,1H3/t19?,20?,22-,23-,24-,25+,26+;20?,22-,23-,24-,25+,26+;/m11./s1. The molecule has 11 heteroatoms. The average molecular weight is 899 g/mol. The lowest BCUT2D eigenvalue weighted by molar-refractivity contribution is -0.126. The Balaban J connectivity index is 0.000000205. The van der Waals surface area contributed by atoms with Gasteiger partial charge in [-0.2, -0.15) is 0 Å². The van der Waals surface area contributed by atoms with Crippen LogP contribution in [0.4, 0.5) is 0 Å². The van der Waals surface area contributed by atoms with E-state index in [1.165, 1.54) is 50.8 Å². The van der Waals surface area contributed by atoms with Crippen molar-refractivity contribution < 1.29 is 43.1 Å². The number of carbonyl (C=O) groups excluding carboxylic acids is 2. The number of ketones is 2. The van der Waals surface area contributed by atoms with Crippen LogP contribution in [-0.4, -0.2) is 147 Å². The maximum absolute atomic E-state index is 12.9. The molecule has 11 nitrogen and oxygen atoms in total. The molecule has 2 spiro atoms. The number of likely N-dealkylation sites (tertiary alicyclic amines) is 2. The van der Waals surface area contributed by atoms with E-state index in [1.54, 1.807) is 7.11 Å². The van der Waals surface area contributed by atoms with Crippen LogP contribution in [0.25, 0.3) is 0 Å². The highest BCUT2D eigenvalue weighted by molar-refractivity contribution is 5.90. The molecule has 2 saturated carbocycles. The molecule has 0 bridgehead atoms. The molecule has 13 atom stereocenters. The lowest BCUT2D eigenvalue weighted by Crippen LogP contribution is -2.53. The summed E-state index contributed by atoms with van der Waals surface area (Å²) in [6.45, 7) is 17.3. The number of methoxy groups -OCH3 is 2. The first-order chi connectivity index (χ1) is 30.6. The van der Waals surface area contributed by atoms with E-state index >= 15 is 0 Å². The molecule has 6 aliphatic heterocycles. The number of hydrogen-bond donors (Lipinski definition) is 1. The molecule has 8 aliphatic rings. The van der Waals surface area contributed by atoms with Crippen LogP contribution in [0.15, 0.2) is 23.3 Å². The van der Waals surface area contributed by atoms with E-state index in [-0.39, 0.29) is 58.3 Å². The quantitative estimate of drug-likeness (QED) is 0.0716. The zero-order chi connectivity index (χ0) is 46.5. The second kappa shape index (κ2) is 22.3. The van der Waals surface area contributed by atoms with E-state index in [0.717, 1.165) is 90.1 Å². The van der Waals surface area contributed by atoms with E-state index in [0.29, 0.717) is 55.1 Å². The van der Waals surface area contributed by atoms with Crippen molar-refractivity contribution in [3.05, 3.63) is 23.3 Å². The fourth-order valence-electron chi connectivity index (χ4n) is 12.9. The van der Waals surface area contributed by atoms with Gasteiger partial charge in [0.25, 0.3) is 0 Å². The van der Waals surface area contributed by atoms with Gasteiger partial charge in [-0.1, -0.05) is 25.5 Å². The van der Waals surface area contributed by atoms with Crippen molar-refractivity contribution in [3.63, 3.8) is 0 Å². The number of carbonyl (C=O) groups is 2. The third-order valence-corrected chi connectivity index (χ3v) is 17.0. The van der Waals surface area contributed by atoms with Gasteiger partial charge in [0.1, 0.15) is 22.6 Å². The largest absolute Gasteiger partial charge is 0.400 e. The molecule has 0 radical (unpaired) electrons. The molecule has 8 rings (SSSR count). The highest BCUT2D eigenvalue weighted by Gasteiger charge is 2.72. The first-order valence-corrected chi connectivity index (χ1v) is 25.5. The number of aliphatic hydroxyl groups excluding tert-OH is 1. The number of ether oxygens (including phenoxy) is 6. The minimum Gasteiger partial charge on any atom is -0.400 e. The highest BCUT2D eigenvalue weighted by Crippen LogP contribution is 2.62. The Kier molecular flexibility index (Phi) is 18.0. The molecule has 8 fully saturated rings. The van der Waals surface area contributed by atoms with E-state index in [1.807, 2.05) is 13.2 Å². The van der Waals surface area contributed by atoms with Crippen LogP contribution >= 0.6 is 0 Å². The highest BCUT2D eigenvalue weighted by atomic mass is 16.6. The third kappa shape index (κ3) is 12.2. The molecule has 1 N–H and O–H groups in total. The fourth-order valence-corrected chi connectivity index (χ4v) is 12.9. The molecule has 0 aromatic rings. The van der Waals surface area contributed by atoms with Gasteiger partial charge in [0.15, 0.2) is 5.78 Å². The van der Waals surface area contributed by atoms with Crippen LogP contribution in [-0.2, 0) is 38.0 Å². The van der Waals surface area contributed by atoms with Crippen molar-refractivity contribution in [2.75, 3.05) is 61.7 Å². The first kappa shape index (κ1) is 51.8. The Morgan fingerprint density at radius 1 is 0.812 bits per heavy atom. The van der Waals surface area contributed by atoms with Crippen molar-refractivity contribution in [1.29, 1.82) is 0 Å². The van der Waals surface area contributed by atoms with Gasteiger partial charge in [-0.3, -0.25) is 9.59 Å². The molecule has 0 amide bonds.